The fourth-order valence-corrected chi connectivity index (χ4v) is 5.96. The number of phenols is 1. The summed E-state index contributed by atoms with van der Waals surface area (Å²) in [5.41, 5.74) is 2.74. The molecule has 10 nitrogen and oxygen atoms in total. The van der Waals surface area contributed by atoms with Crippen LogP contribution < -0.4 is 10.6 Å². The first-order valence-corrected chi connectivity index (χ1v) is 14.5. The normalized spacial score (nSPS) is 17.4. The van der Waals surface area contributed by atoms with Crippen molar-refractivity contribution in [2.45, 2.75) is 63.6 Å². The Hall–Kier alpha value is -4.56. The molecule has 3 aromatic heterocycles. The lowest BCUT2D eigenvalue weighted by atomic mass is 10.0. The number of nitrogens with one attached hydrogen (secondary N) is 2. The molecule has 0 spiro atoms. The number of carbonyl (C=O) groups excluding carboxylic acids is 1. The summed E-state index contributed by atoms with van der Waals surface area (Å²) >= 11 is 0. The van der Waals surface area contributed by atoms with E-state index < -0.39 is 5.82 Å². The van der Waals surface area contributed by atoms with Crippen LogP contribution >= 0.6 is 0 Å². The first-order chi connectivity index (χ1) is 20.5. The van der Waals surface area contributed by atoms with Crippen LogP contribution in [0.4, 0.5) is 10.2 Å². The highest BCUT2D eigenvalue weighted by Crippen LogP contribution is 2.33. The summed E-state index contributed by atoms with van der Waals surface area (Å²) in [6.07, 6.45) is 9.39. The second-order valence-electron chi connectivity index (χ2n) is 11.1. The average molecular weight is 569 g/mol. The molecular formula is C31H33FN8O2. The maximum atomic E-state index is 16.3. The van der Waals surface area contributed by atoms with E-state index in [9.17, 15) is 9.90 Å². The molecule has 42 heavy (non-hydrogen) atoms. The van der Waals surface area contributed by atoms with Gasteiger partial charge in [0.2, 0.25) is 5.91 Å². The summed E-state index contributed by atoms with van der Waals surface area (Å²) in [7, 11) is 0. The minimum absolute atomic E-state index is 0.0128. The van der Waals surface area contributed by atoms with Crippen molar-refractivity contribution in [3.05, 3.63) is 60.2 Å². The average Bonchev–Trinajstić information content (AvgIpc) is 3.68. The number of nitrogens with zero attached hydrogens (tertiary/aromatic N) is 6. The van der Waals surface area contributed by atoms with Gasteiger partial charge in [-0.05, 0) is 61.6 Å². The molecule has 2 aliphatic rings. The minimum Gasteiger partial charge on any atom is -0.508 e. The van der Waals surface area contributed by atoms with Crippen LogP contribution in [0.1, 0.15) is 50.5 Å². The molecule has 216 valence electrons. The molecule has 0 bridgehead atoms. The van der Waals surface area contributed by atoms with Gasteiger partial charge in [0.25, 0.3) is 0 Å². The van der Waals surface area contributed by atoms with Crippen molar-refractivity contribution in [3.63, 3.8) is 0 Å². The molecule has 1 aromatic carbocycles. The van der Waals surface area contributed by atoms with Crippen LogP contribution in [0.3, 0.4) is 0 Å². The third-order valence-corrected chi connectivity index (χ3v) is 8.06. The first kappa shape index (κ1) is 27.6. The molecule has 1 aliphatic carbocycles. The van der Waals surface area contributed by atoms with Crippen LogP contribution in [0.25, 0.3) is 28.2 Å². The highest BCUT2D eigenvalue weighted by Gasteiger charge is 2.27. The number of hydrogen-bond acceptors (Lipinski definition) is 8. The maximum absolute atomic E-state index is 16.3. The van der Waals surface area contributed by atoms with E-state index in [-0.39, 0.29) is 41.5 Å². The second-order valence-corrected chi connectivity index (χ2v) is 11.1. The number of fused-ring (bicyclic) bond motifs is 1. The van der Waals surface area contributed by atoms with Crippen LogP contribution in [0.2, 0.25) is 0 Å². The van der Waals surface area contributed by atoms with E-state index in [0.29, 0.717) is 43.2 Å². The molecule has 11 heteroatoms. The van der Waals surface area contributed by atoms with Crippen molar-refractivity contribution >= 4 is 17.2 Å². The predicted octanol–water partition coefficient (Wildman–Crippen LogP) is 4.65. The van der Waals surface area contributed by atoms with Gasteiger partial charge in [-0.25, -0.2) is 18.9 Å². The molecule has 1 saturated heterocycles. The Bertz CT molecular complexity index is 1640. The molecule has 1 amide bonds. The Labute approximate surface area is 243 Å². The molecule has 6 rings (SSSR count). The molecule has 4 aromatic rings. The molecular weight excluding hydrogens is 535 g/mol. The monoisotopic (exact) mass is 568 g/mol. The fraction of sp³-hybridized carbons (Fsp3) is 0.387. The van der Waals surface area contributed by atoms with Crippen molar-refractivity contribution in [1.82, 2.24) is 29.8 Å². The van der Waals surface area contributed by atoms with Gasteiger partial charge in [-0.15, -0.1) is 0 Å². The molecule has 1 atom stereocenters. The highest BCUT2D eigenvalue weighted by atomic mass is 19.1. The number of phenolic OH excluding ortho intramolecular Hbond substituents is 1. The van der Waals surface area contributed by atoms with Gasteiger partial charge < -0.3 is 20.6 Å². The Balaban J connectivity index is 1.38. The van der Waals surface area contributed by atoms with E-state index in [1.54, 1.807) is 21.7 Å². The van der Waals surface area contributed by atoms with Gasteiger partial charge in [0, 0.05) is 43.5 Å². The lowest BCUT2D eigenvalue weighted by Gasteiger charge is -2.33. The summed E-state index contributed by atoms with van der Waals surface area (Å²) in [5.74, 6) is -0.551. The molecule has 1 aliphatic heterocycles. The van der Waals surface area contributed by atoms with Gasteiger partial charge in [0.1, 0.15) is 17.9 Å². The number of benzene rings is 1. The van der Waals surface area contributed by atoms with E-state index in [0.717, 1.165) is 30.3 Å². The van der Waals surface area contributed by atoms with Crippen molar-refractivity contribution in [2.75, 3.05) is 18.4 Å². The zero-order chi connectivity index (χ0) is 29.1. The summed E-state index contributed by atoms with van der Waals surface area (Å²) in [6, 6.07) is 12.8. The lowest BCUT2D eigenvalue weighted by molar-refractivity contribution is -0.131. The van der Waals surface area contributed by atoms with E-state index in [1.165, 1.54) is 18.9 Å². The predicted molar refractivity (Wildman–Crippen MR) is 156 cm³/mol. The molecule has 2 fully saturated rings. The topological polar surface area (TPSA) is 131 Å². The SMILES string of the molecule is N#CCC(=O)N1CCC[C@@H](Nc2nc(-c3cnn4ccccc34)nc(-c3cc(O)cc(CNC4CCCC4)c3)c2F)C1. The van der Waals surface area contributed by atoms with Crippen LogP contribution in [0.5, 0.6) is 5.75 Å². The van der Waals surface area contributed by atoms with Crippen LogP contribution in [-0.4, -0.2) is 60.7 Å². The number of anilines is 1. The maximum Gasteiger partial charge on any atom is 0.236 e. The van der Waals surface area contributed by atoms with Gasteiger partial charge in [0.05, 0.1) is 23.3 Å². The molecule has 0 radical (unpaired) electrons. The molecule has 3 N–H and O–H groups in total. The Morgan fingerprint density at radius 1 is 1.12 bits per heavy atom. The summed E-state index contributed by atoms with van der Waals surface area (Å²) in [4.78, 5) is 23.3. The number of halogens is 1. The Morgan fingerprint density at radius 3 is 2.79 bits per heavy atom. The van der Waals surface area contributed by atoms with Crippen molar-refractivity contribution in [3.8, 4) is 34.5 Å². The fourth-order valence-electron chi connectivity index (χ4n) is 5.96. The number of aromatic hydroxyl groups is 1. The van der Waals surface area contributed by atoms with Crippen molar-refractivity contribution in [1.29, 1.82) is 5.26 Å². The number of hydrogen-bond donors (Lipinski definition) is 3. The largest absolute Gasteiger partial charge is 0.508 e. The van der Waals surface area contributed by atoms with Gasteiger partial charge in [-0.2, -0.15) is 10.4 Å². The minimum atomic E-state index is -0.643. The lowest BCUT2D eigenvalue weighted by Crippen LogP contribution is -2.45. The van der Waals surface area contributed by atoms with Crippen molar-refractivity contribution in [2.24, 2.45) is 0 Å². The quantitative estimate of drug-likeness (QED) is 0.280. The number of amides is 1. The molecule has 0 unspecified atom stereocenters. The third kappa shape index (κ3) is 5.90. The second kappa shape index (κ2) is 12.1. The standard InChI is InChI=1S/C31H33FN8O2/c32-28-29(21-14-20(15-24(41)16-21)17-34-22-6-1-2-7-22)37-30(25-18-35-40-13-4-3-9-26(25)40)38-31(28)36-23-8-5-12-39(19-23)27(42)10-11-33/h3-4,9,13-16,18,22-23,34,41H,1-2,5-8,10,12,17,19H2,(H,36,37,38)/t23-/m1/s1. The van der Waals surface area contributed by atoms with E-state index >= 15 is 4.39 Å². The summed E-state index contributed by atoms with van der Waals surface area (Å²) in [5, 5.41) is 30.7. The number of nitriles is 1. The number of carbonyl (C=O) groups is 1. The smallest absolute Gasteiger partial charge is 0.236 e. The number of aromatic nitrogens is 4. The van der Waals surface area contributed by atoms with Crippen LogP contribution in [0, 0.1) is 17.1 Å². The Kier molecular flexibility index (Phi) is 7.97. The van der Waals surface area contributed by atoms with Crippen molar-refractivity contribution < 1.29 is 14.3 Å². The van der Waals surface area contributed by atoms with E-state index in [1.807, 2.05) is 36.5 Å². The number of piperidine rings is 1. The van der Waals surface area contributed by atoms with Gasteiger partial charge in [-0.3, -0.25) is 4.79 Å². The zero-order valence-corrected chi connectivity index (χ0v) is 23.3. The summed E-state index contributed by atoms with van der Waals surface area (Å²) in [6.45, 7) is 1.46. The molecule has 1 saturated carbocycles. The number of likely N-dealkylation sites (tertiary alicyclic amines) is 1. The summed E-state index contributed by atoms with van der Waals surface area (Å²) < 4.78 is 18.0. The highest BCUT2D eigenvalue weighted by molar-refractivity contribution is 5.79. The van der Waals surface area contributed by atoms with E-state index in [2.05, 4.69) is 25.7 Å². The van der Waals surface area contributed by atoms with Gasteiger partial charge in [0.15, 0.2) is 17.5 Å². The van der Waals surface area contributed by atoms with Crippen LogP contribution in [0.15, 0.2) is 48.8 Å². The first-order valence-electron chi connectivity index (χ1n) is 14.5. The zero-order valence-electron chi connectivity index (χ0n) is 23.3. The number of rotatable bonds is 8. The van der Waals surface area contributed by atoms with Crippen LogP contribution in [-0.2, 0) is 11.3 Å². The third-order valence-electron chi connectivity index (χ3n) is 8.06. The van der Waals surface area contributed by atoms with E-state index in [4.69, 9.17) is 5.26 Å². The Morgan fingerprint density at radius 2 is 1.95 bits per heavy atom. The number of pyridine rings is 1. The van der Waals surface area contributed by atoms with Gasteiger partial charge >= 0.3 is 0 Å². The van der Waals surface area contributed by atoms with Gasteiger partial charge in [-0.1, -0.05) is 18.9 Å². The molecule has 4 heterocycles.